The summed E-state index contributed by atoms with van der Waals surface area (Å²) in [5.41, 5.74) is 1.66. The van der Waals surface area contributed by atoms with Crippen LogP contribution in [0.15, 0.2) is 33.5 Å². The quantitative estimate of drug-likeness (QED) is 0.0679. The van der Waals surface area contributed by atoms with Gasteiger partial charge in [-0.05, 0) is 209 Å². The van der Waals surface area contributed by atoms with E-state index in [0.29, 0.717) is 22.7 Å². The minimum Gasteiger partial charge on any atom is -0.462 e. The number of allylic oxidation sites excluding steroid dienone is 2. The molecule has 18 atom stereocenters. The maximum absolute atomic E-state index is 13.4. The number of fused-ring (bicyclic) bond motifs is 10. The molecular weight excluding hydrogens is 913 g/mol. The maximum atomic E-state index is 13.4. The number of azo groups is 1. The summed E-state index contributed by atoms with van der Waals surface area (Å²) in [6.07, 6.45) is 32.1. The Balaban J connectivity index is 0.779. The number of ether oxygens (including phenoxy) is 2. The van der Waals surface area contributed by atoms with Crippen molar-refractivity contribution in [3.63, 3.8) is 0 Å². The Morgan fingerprint density at radius 3 is 1.34 bits per heavy atom. The number of carbonyl (C=O) groups excluding carboxylic acids is 2. The molecule has 0 aromatic heterocycles. The molecule has 0 aromatic carbocycles. The minimum absolute atomic E-state index is 0.0458. The first-order valence-electron chi connectivity index (χ1n) is 31.0. The van der Waals surface area contributed by atoms with Gasteiger partial charge in [-0.2, -0.15) is 20.8 Å². The fourth-order valence-electron chi connectivity index (χ4n) is 19.2. The lowest BCUT2D eigenvalue weighted by Crippen LogP contribution is -2.51. The maximum Gasteiger partial charge on any atom is 0.306 e. The summed E-state index contributed by atoms with van der Waals surface area (Å²) in [6, 6.07) is 4.50. The monoisotopic (exact) mass is 1020 g/mol. The molecule has 412 valence electrons. The van der Waals surface area contributed by atoms with E-state index in [4.69, 9.17) is 9.47 Å². The standard InChI is InChI=1S/C66H104N4O4/c1-43(2)15-13-17-45(5)53-23-25-55-51-21-19-47-39-49(27-35-63(47,9)57(51)29-37-65(53,55)11)73-59(71)31-33-61(7,41-67)69-70-62(8,42-68)34-32-60(72)74-50-28-36-64(10)48(40-50)20-22-52-56-26-24-54(46(6)18-14-16-44(3)4)66(56,12)38-30-58(52)64/h19-20,43-46,49-58H,13-18,21-40H2,1-12H3/t45-,46-,49?,50?,51+,52+,53-,54-,55+,56+,57+,58+,61?,62?,63+,64+,65-,66-/m1/s1. The van der Waals surface area contributed by atoms with Gasteiger partial charge in [0.15, 0.2) is 11.1 Å². The molecule has 0 radical (unpaired) electrons. The molecule has 6 fully saturated rings. The van der Waals surface area contributed by atoms with Gasteiger partial charge >= 0.3 is 11.9 Å². The summed E-state index contributed by atoms with van der Waals surface area (Å²) < 4.78 is 12.3. The Bertz CT molecular complexity index is 2030. The molecule has 8 heteroatoms. The van der Waals surface area contributed by atoms with Gasteiger partial charge in [-0.3, -0.25) is 9.59 Å². The van der Waals surface area contributed by atoms with E-state index in [1.54, 1.807) is 13.8 Å². The largest absolute Gasteiger partial charge is 0.462 e. The van der Waals surface area contributed by atoms with Crippen molar-refractivity contribution in [1.29, 1.82) is 10.5 Å². The molecule has 74 heavy (non-hydrogen) atoms. The number of nitrogens with zero attached hydrogens (tertiary/aromatic N) is 4. The van der Waals surface area contributed by atoms with Crippen molar-refractivity contribution in [2.45, 2.75) is 273 Å². The normalized spacial score (nSPS) is 39.8. The van der Waals surface area contributed by atoms with Gasteiger partial charge in [-0.1, -0.05) is 131 Å². The molecule has 0 amide bonds. The lowest BCUT2D eigenvalue weighted by molar-refractivity contribution is -0.152. The molecule has 0 spiro atoms. The second-order valence-corrected chi connectivity index (χ2v) is 29.3. The second kappa shape index (κ2) is 22.8. The first-order valence-corrected chi connectivity index (χ1v) is 31.0. The first-order chi connectivity index (χ1) is 35.0. The summed E-state index contributed by atoms with van der Waals surface area (Å²) >= 11 is 0. The molecule has 0 aromatic rings. The van der Waals surface area contributed by atoms with Crippen molar-refractivity contribution >= 4 is 11.9 Å². The van der Waals surface area contributed by atoms with Crippen LogP contribution in [0.1, 0.15) is 250 Å². The van der Waals surface area contributed by atoms with Crippen molar-refractivity contribution in [3.05, 3.63) is 23.3 Å². The van der Waals surface area contributed by atoms with Crippen molar-refractivity contribution in [2.24, 2.45) is 103 Å². The Morgan fingerprint density at radius 2 is 0.973 bits per heavy atom. The number of hydrogen-bond acceptors (Lipinski definition) is 8. The van der Waals surface area contributed by atoms with E-state index >= 15 is 0 Å². The van der Waals surface area contributed by atoms with E-state index in [1.165, 1.54) is 101 Å². The smallest absolute Gasteiger partial charge is 0.306 e. The van der Waals surface area contributed by atoms with E-state index in [1.807, 2.05) is 0 Å². The van der Waals surface area contributed by atoms with Crippen LogP contribution in [-0.4, -0.2) is 35.2 Å². The summed E-state index contributed by atoms with van der Waals surface area (Å²) in [6.45, 7) is 28.2. The molecule has 6 saturated carbocycles. The Hall–Kier alpha value is -3.00. The van der Waals surface area contributed by atoms with Crippen LogP contribution in [0.2, 0.25) is 0 Å². The van der Waals surface area contributed by atoms with Gasteiger partial charge in [0.25, 0.3) is 0 Å². The average Bonchev–Trinajstić information content (AvgIpc) is 3.91. The molecule has 0 aliphatic heterocycles. The summed E-state index contributed by atoms with van der Waals surface area (Å²) in [5.74, 6) is 8.87. The van der Waals surface area contributed by atoms with Gasteiger partial charge in [-0.15, -0.1) is 0 Å². The summed E-state index contributed by atoms with van der Waals surface area (Å²) in [5, 5.41) is 29.3. The Kier molecular flexibility index (Phi) is 17.6. The van der Waals surface area contributed by atoms with Crippen LogP contribution in [0.3, 0.4) is 0 Å². The number of nitriles is 2. The molecular formula is C66H104N4O4. The van der Waals surface area contributed by atoms with Crippen LogP contribution in [-0.2, 0) is 19.1 Å². The third-order valence-electron chi connectivity index (χ3n) is 23.7. The lowest BCUT2D eigenvalue weighted by atomic mass is 9.47. The lowest BCUT2D eigenvalue weighted by Gasteiger charge is -2.58. The highest BCUT2D eigenvalue weighted by molar-refractivity contribution is 5.70. The zero-order valence-corrected chi connectivity index (χ0v) is 49.0. The van der Waals surface area contributed by atoms with Gasteiger partial charge in [-0.25, -0.2) is 0 Å². The number of esters is 2. The van der Waals surface area contributed by atoms with Gasteiger partial charge in [0, 0.05) is 25.7 Å². The predicted octanol–water partition coefficient (Wildman–Crippen LogP) is 17.5. The van der Waals surface area contributed by atoms with Crippen molar-refractivity contribution in [3.8, 4) is 12.1 Å². The highest BCUT2D eigenvalue weighted by Crippen LogP contribution is 2.69. The molecule has 0 heterocycles. The highest BCUT2D eigenvalue weighted by atomic mass is 16.5. The molecule has 8 nitrogen and oxygen atoms in total. The topological polar surface area (TPSA) is 125 Å². The molecule has 0 bridgehead atoms. The van der Waals surface area contributed by atoms with Crippen LogP contribution in [0.5, 0.6) is 0 Å². The van der Waals surface area contributed by atoms with E-state index < -0.39 is 11.1 Å². The summed E-state index contributed by atoms with van der Waals surface area (Å²) in [4.78, 5) is 26.9. The fraction of sp³-hybridized carbons (Fsp3) is 0.879. The van der Waals surface area contributed by atoms with Crippen LogP contribution in [0.4, 0.5) is 0 Å². The Morgan fingerprint density at radius 1 is 0.581 bits per heavy atom. The summed E-state index contributed by atoms with van der Waals surface area (Å²) in [7, 11) is 0. The van der Waals surface area contributed by atoms with Crippen LogP contribution >= 0.6 is 0 Å². The number of rotatable bonds is 20. The third kappa shape index (κ3) is 11.6. The van der Waals surface area contributed by atoms with E-state index in [2.05, 4.69) is 104 Å². The molecule has 0 saturated heterocycles. The molecule has 8 aliphatic carbocycles. The second-order valence-electron chi connectivity index (χ2n) is 29.3. The molecule has 4 unspecified atom stereocenters. The van der Waals surface area contributed by atoms with Gasteiger partial charge in [0.2, 0.25) is 0 Å². The number of carbonyl (C=O) groups is 2. The minimum atomic E-state index is -1.31. The van der Waals surface area contributed by atoms with Crippen LogP contribution in [0, 0.1) is 115 Å². The third-order valence-corrected chi connectivity index (χ3v) is 23.7. The van der Waals surface area contributed by atoms with Gasteiger partial charge in [0.05, 0.1) is 12.1 Å². The van der Waals surface area contributed by atoms with Crippen molar-refractivity contribution in [1.82, 2.24) is 0 Å². The van der Waals surface area contributed by atoms with E-state index in [0.717, 1.165) is 111 Å². The van der Waals surface area contributed by atoms with Gasteiger partial charge in [0.1, 0.15) is 12.2 Å². The predicted molar refractivity (Wildman–Crippen MR) is 297 cm³/mol. The number of hydrogen-bond donors (Lipinski definition) is 0. The van der Waals surface area contributed by atoms with Crippen molar-refractivity contribution < 1.29 is 19.1 Å². The first kappa shape index (κ1) is 57.2. The SMILES string of the molecule is CC(C)CCC[C@@H](C)[C@H]1CC[C@H]2[C@@H]3CC=C4CC(OC(=O)CCC(C)(C#N)N=NC(C)(C#N)CCC(=O)OC5CC[C@@]6(C)C(=CC[C@H]7[C@@H]8CC[C@H]([C@H](C)CCCC(C)C)[C@@]8(C)CC[C@@H]76)C5)CC[C@]4(C)[C@H]3CC[C@]12C. The zero-order chi connectivity index (χ0) is 53.4. The molecule has 8 aliphatic rings. The Labute approximate surface area is 451 Å². The van der Waals surface area contributed by atoms with Gasteiger partial charge < -0.3 is 9.47 Å². The fourth-order valence-corrected chi connectivity index (χ4v) is 19.2. The van der Waals surface area contributed by atoms with Crippen LogP contribution in [0.25, 0.3) is 0 Å². The van der Waals surface area contributed by atoms with E-state index in [-0.39, 0.29) is 60.7 Å². The van der Waals surface area contributed by atoms with E-state index in [9.17, 15) is 20.1 Å². The molecule has 0 N–H and O–H groups in total. The van der Waals surface area contributed by atoms with Crippen LogP contribution < -0.4 is 0 Å². The zero-order valence-electron chi connectivity index (χ0n) is 49.0. The van der Waals surface area contributed by atoms with Crippen molar-refractivity contribution in [2.75, 3.05) is 0 Å². The average molecular weight is 1020 g/mol. The molecule has 8 rings (SSSR count). The highest BCUT2D eigenvalue weighted by Gasteiger charge is 2.61.